The van der Waals surface area contributed by atoms with E-state index in [1.807, 2.05) is 44.2 Å². The van der Waals surface area contributed by atoms with Gasteiger partial charge in [-0.3, -0.25) is 14.4 Å². The molecule has 17 heteroatoms. The summed E-state index contributed by atoms with van der Waals surface area (Å²) >= 11 is 24.3. The zero-order valence-electron chi connectivity index (χ0n) is 36.4. The van der Waals surface area contributed by atoms with Gasteiger partial charge in [0, 0.05) is 69.6 Å². The molecule has 0 fully saturated rings. The second-order valence-electron chi connectivity index (χ2n) is 15.9. The number of hydrogen-bond donors (Lipinski definition) is 5. The van der Waals surface area contributed by atoms with Gasteiger partial charge in [0.05, 0.1) is 32.0 Å². The zero-order chi connectivity index (χ0) is 46.9. The van der Waals surface area contributed by atoms with Gasteiger partial charge in [-0.1, -0.05) is 84.5 Å². The average molecular weight is 964 g/mol. The molecule has 0 radical (unpaired) electrons. The number of halogens is 4. The highest BCUT2D eigenvalue weighted by atomic mass is 35.5. The maximum absolute atomic E-state index is 13.0. The predicted molar refractivity (Wildman–Crippen MR) is 258 cm³/mol. The molecular weight excluding hydrogens is 912 g/mol. The second kappa shape index (κ2) is 22.1. The first-order chi connectivity index (χ1) is 31.0. The Bertz CT molecular complexity index is 2580. The molecule has 7 N–H and O–H groups in total. The van der Waals surface area contributed by atoms with E-state index < -0.39 is 18.1 Å². The normalized spacial score (nSPS) is 13.9. The highest BCUT2D eigenvalue weighted by molar-refractivity contribution is 6.35. The first-order valence-electron chi connectivity index (χ1n) is 20.9. The van der Waals surface area contributed by atoms with Crippen molar-refractivity contribution in [3.05, 3.63) is 144 Å². The number of fused-ring (bicyclic) bond motifs is 2. The number of anilines is 3. The third kappa shape index (κ3) is 12.6. The number of carbonyl (C=O) groups excluding carboxylic acids is 4. The van der Waals surface area contributed by atoms with E-state index in [2.05, 4.69) is 16.0 Å². The number of carbonyl (C=O) groups is 4. The van der Waals surface area contributed by atoms with Crippen LogP contribution < -0.4 is 36.9 Å². The predicted octanol–water partition coefficient (Wildman–Crippen LogP) is 9.46. The molecule has 65 heavy (non-hydrogen) atoms. The lowest BCUT2D eigenvalue weighted by Gasteiger charge is -2.20. The van der Waals surface area contributed by atoms with E-state index in [9.17, 15) is 19.2 Å². The lowest BCUT2D eigenvalue weighted by molar-refractivity contribution is -0.133. The number of hydrogen-bond acceptors (Lipinski definition) is 8. The first-order valence-corrected chi connectivity index (χ1v) is 22.4. The van der Waals surface area contributed by atoms with E-state index >= 15 is 0 Å². The highest BCUT2D eigenvalue weighted by Crippen LogP contribution is 2.32. The molecule has 7 rings (SSSR count). The Balaban J connectivity index is 0.000000221. The summed E-state index contributed by atoms with van der Waals surface area (Å²) in [4.78, 5) is 54.0. The fourth-order valence-electron chi connectivity index (χ4n) is 7.40. The molecule has 3 unspecified atom stereocenters. The number of amides is 5. The lowest BCUT2D eigenvalue weighted by atomic mass is 10.1. The molecule has 5 aromatic carbocycles. The standard InChI is InChI=1S/C26H26Cl2N4O4.C22H25Cl2N3O2/c1-35-20-7-8-24(36-2)23(12-20)31-26(34)30-19-6-4-16-13-32(14-17(16)9-19)25(33)22(29)10-15-3-5-18(27)11-21(15)28;1-3-13(2)21(28)26-18-7-5-15-11-27(12-16(15)8-18)22(29)20(25)9-14-4-6-17(23)10-19(14)24/h3-9,11-12,22H,10,13-14,29H2,1-2H3,(H2,30,31,34);4-8,10,13,20H,3,9,11-12,25H2,1-2H3,(H,26,28). The van der Waals surface area contributed by atoms with Gasteiger partial charge in [-0.15, -0.1) is 0 Å². The Labute approximate surface area is 398 Å². The SMILES string of the molecule is CCC(C)C(=O)Nc1ccc2c(c1)CN(C(=O)C(N)Cc1ccc(Cl)cc1Cl)C2.COc1ccc(OC)c(NC(=O)Nc2ccc3c(c2)CN(C(=O)C(N)Cc2ccc(Cl)cc2Cl)C3)c1. The molecule has 0 aliphatic carbocycles. The zero-order valence-corrected chi connectivity index (χ0v) is 39.4. The van der Waals surface area contributed by atoms with Gasteiger partial charge in [-0.2, -0.15) is 0 Å². The summed E-state index contributed by atoms with van der Waals surface area (Å²) < 4.78 is 10.5. The molecule has 5 amide bonds. The van der Waals surface area contributed by atoms with Crippen molar-refractivity contribution >= 4 is 87.2 Å². The minimum Gasteiger partial charge on any atom is -0.497 e. The third-order valence-corrected chi connectivity index (χ3v) is 12.4. The molecular formula is C48H51Cl4N7O6. The Kier molecular flexibility index (Phi) is 16.6. The molecule has 0 spiro atoms. The van der Waals surface area contributed by atoms with Crippen LogP contribution in [-0.2, 0) is 53.4 Å². The van der Waals surface area contributed by atoms with Crippen LogP contribution in [-0.4, -0.2) is 59.9 Å². The van der Waals surface area contributed by atoms with Crippen molar-refractivity contribution in [2.45, 2.75) is 71.4 Å². The highest BCUT2D eigenvalue weighted by Gasteiger charge is 2.30. The maximum atomic E-state index is 13.0. The van der Waals surface area contributed by atoms with Gasteiger partial charge in [0.2, 0.25) is 17.7 Å². The van der Waals surface area contributed by atoms with Gasteiger partial charge in [-0.05, 0) is 113 Å². The number of benzene rings is 5. The number of ether oxygens (including phenoxy) is 2. The maximum Gasteiger partial charge on any atom is 0.323 e. The number of urea groups is 1. The molecule has 2 aliphatic rings. The van der Waals surface area contributed by atoms with Crippen LogP contribution in [0.2, 0.25) is 20.1 Å². The third-order valence-electron chi connectivity index (χ3n) is 11.3. The van der Waals surface area contributed by atoms with E-state index in [4.69, 9.17) is 67.3 Å². The molecule has 3 atom stereocenters. The fourth-order valence-corrected chi connectivity index (χ4v) is 8.37. The number of methoxy groups -OCH3 is 2. The van der Waals surface area contributed by atoms with Crippen molar-refractivity contribution in [1.29, 1.82) is 0 Å². The summed E-state index contributed by atoms with van der Waals surface area (Å²) in [5.74, 6) is 0.751. The van der Waals surface area contributed by atoms with Crippen LogP contribution in [0, 0.1) is 5.92 Å². The van der Waals surface area contributed by atoms with Crippen molar-refractivity contribution < 1.29 is 28.7 Å². The van der Waals surface area contributed by atoms with E-state index in [1.165, 1.54) is 7.11 Å². The van der Waals surface area contributed by atoms with Crippen molar-refractivity contribution in [2.75, 3.05) is 30.2 Å². The molecule has 5 aromatic rings. The monoisotopic (exact) mass is 961 g/mol. The largest absolute Gasteiger partial charge is 0.497 e. The van der Waals surface area contributed by atoms with Gasteiger partial charge in [0.25, 0.3) is 0 Å². The molecule has 2 aliphatic heterocycles. The molecule has 0 aromatic heterocycles. The minimum absolute atomic E-state index is 0.000227. The van der Waals surface area contributed by atoms with Crippen molar-refractivity contribution in [3.63, 3.8) is 0 Å². The van der Waals surface area contributed by atoms with Crippen LogP contribution >= 0.6 is 46.4 Å². The molecule has 2 heterocycles. The smallest absolute Gasteiger partial charge is 0.323 e. The Morgan fingerprint density at radius 3 is 1.57 bits per heavy atom. The summed E-state index contributed by atoms with van der Waals surface area (Å²) in [5.41, 5.74) is 19.8. The van der Waals surface area contributed by atoms with Gasteiger partial charge in [0.1, 0.15) is 11.5 Å². The molecule has 13 nitrogen and oxygen atoms in total. The van der Waals surface area contributed by atoms with Crippen LogP contribution in [0.25, 0.3) is 0 Å². The van der Waals surface area contributed by atoms with E-state index in [0.717, 1.165) is 45.5 Å². The van der Waals surface area contributed by atoms with Gasteiger partial charge in [-0.25, -0.2) is 4.79 Å². The van der Waals surface area contributed by atoms with E-state index in [1.54, 1.807) is 77.6 Å². The summed E-state index contributed by atoms with van der Waals surface area (Å²) in [5, 5.41) is 10.6. The first kappa shape index (κ1) is 48.9. The topological polar surface area (TPSA) is 181 Å². The fraction of sp³-hybridized carbons (Fsp3) is 0.292. The minimum atomic E-state index is -0.737. The van der Waals surface area contributed by atoms with E-state index in [0.29, 0.717) is 82.0 Å². The van der Waals surface area contributed by atoms with Gasteiger partial charge >= 0.3 is 6.03 Å². The Morgan fingerprint density at radius 2 is 1.11 bits per heavy atom. The number of nitrogens with zero attached hydrogens (tertiary/aromatic N) is 2. The summed E-state index contributed by atoms with van der Waals surface area (Å²) in [7, 11) is 3.07. The van der Waals surface area contributed by atoms with Crippen molar-refractivity contribution in [3.8, 4) is 11.5 Å². The summed E-state index contributed by atoms with van der Waals surface area (Å²) in [6.07, 6.45) is 1.44. The summed E-state index contributed by atoms with van der Waals surface area (Å²) in [6.45, 7) is 5.72. The van der Waals surface area contributed by atoms with Crippen LogP contribution in [0.5, 0.6) is 11.5 Å². The second-order valence-corrected chi connectivity index (χ2v) is 17.6. The van der Waals surface area contributed by atoms with Gasteiger partial charge in [0.15, 0.2) is 0 Å². The molecule has 342 valence electrons. The Hall–Kier alpha value is -5.54. The number of nitrogens with one attached hydrogen (secondary N) is 3. The molecule has 0 bridgehead atoms. The quantitative estimate of drug-likeness (QED) is 0.0774. The van der Waals surface area contributed by atoms with Crippen LogP contribution in [0.1, 0.15) is 53.6 Å². The Morgan fingerprint density at radius 1 is 0.615 bits per heavy atom. The van der Waals surface area contributed by atoms with Crippen molar-refractivity contribution in [2.24, 2.45) is 17.4 Å². The van der Waals surface area contributed by atoms with E-state index in [-0.39, 0.29) is 23.6 Å². The van der Waals surface area contributed by atoms with Crippen LogP contribution in [0.4, 0.5) is 21.9 Å². The average Bonchev–Trinajstić information content (AvgIpc) is 3.91. The summed E-state index contributed by atoms with van der Waals surface area (Å²) in [6, 6.07) is 24.9. The molecule has 0 saturated heterocycles. The van der Waals surface area contributed by atoms with Crippen molar-refractivity contribution in [1.82, 2.24) is 9.80 Å². The van der Waals surface area contributed by atoms with Crippen LogP contribution in [0.15, 0.2) is 91.0 Å². The lowest BCUT2D eigenvalue weighted by Crippen LogP contribution is -2.42. The van der Waals surface area contributed by atoms with Gasteiger partial charge < -0.3 is 46.7 Å². The molecule has 0 saturated carbocycles. The van der Waals surface area contributed by atoms with Crippen LogP contribution in [0.3, 0.4) is 0 Å². The number of nitrogens with two attached hydrogens (primary N) is 2. The number of rotatable bonds is 13.